The van der Waals surface area contributed by atoms with E-state index < -0.39 is 53.8 Å². The van der Waals surface area contributed by atoms with Gasteiger partial charge in [-0.25, -0.2) is 4.98 Å². The summed E-state index contributed by atoms with van der Waals surface area (Å²) in [6.07, 6.45) is 2.68. The Kier molecular flexibility index (Phi) is 10.6. The minimum Gasteiger partial charge on any atom is -0.480 e. The number of primary amides is 1. The molecule has 1 heterocycles. The molecule has 13 heteroatoms. The molecule has 1 aromatic heterocycles. The molecule has 36 heavy (non-hydrogen) atoms. The fourth-order valence-corrected chi connectivity index (χ4v) is 3.27. The van der Waals surface area contributed by atoms with Gasteiger partial charge in [0.15, 0.2) is 0 Å². The molecule has 2 aromatic rings. The zero-order chi connectivity index (χ0) is 26.7. The predicted octanol–water partition coefficient (Wildman–Crippen LogP) is -1.65. The highest BCUT2D eigenvalue weighted by Crippen LogP contribution is 2.06. The van der Waals surface area contributed by atoms with E-state index in [4.69, 9.17) is 16.6 Å². The van der Waals surface area contributed by atoms with Crippen LogP contribution in [0.4, 0.5) is 0 Å². The second-order valence-electron chi connectivity index (χ2n) is 8.27. The number of nitrogens with two attached hydrogens (primary N) is 2. The summed E-state index contributed by atoms with van der Waals surface area (Å²) in [7, 11) is 0. The third kappa shape index (κ3) is 9.18. The first-order valence-electron chi connectivity index (χ1n) is 11.3. The lowest BCUT2D eigenvalue weighted by Gasteiger charge is -2.24. The Balaban J connectivity index is 2.14. The molecule has 9 N–H and O–H groups in total. The van der Waals surface area contributed by atoms with E-state index in [0.29, 0.717) is 5.69 Å². The summed E-state index contributed by atoms with van der Waals surface area (Å²) in [5, 5.41) is 16.4. The molecular formula is C23H31N7O6. The average Bonchev–Trinajstić information content (AvgIpc) is 3.34. The van der Waals surface area contributed by atoms with E-state index in [2.05, 4.69) is 25.9 Å². The topological polar surface area (TPSA) is 222 Å². The maximum atomic E-state index is 13.1. The van der Waals surface area contributed by atoms with Gasteiger partial charge in [0.25, 0.3) is 0 Å². The van der Waals surface area contributed by atoms with Crippen LogP contribution in [0.5, 0.6) is 0 Å². The highest BCUT2D eigenvalue weighted by molar-refractivity contribution is 5.94. The molecular weight excluding hydrogens is 470 g/mol. The van der Waals surface area contributed by atoms with Gasteiger partial charge in [-0.3, -0.25) is 24.0 Å². The van der Waals surface area contributed by atoms with E-state index in [-0.39, 0.29) is 25.7 Å². The van der Waals surface area contributed by atoms with Gasteiger partial charge in [-0.05, 0) is 25.3 Å². The molecule has 4 amide bonds. The number of aromatic nitrogens is 2. The molecule has 2 rings (SSSR count). The quantitative estimate of drug-likeness (QED) is 0.158. The van der Waals surface area contributed by atoms with Crippen LogP contribution in [0.25, 0.3) is 0 Å². The van der Waals surface area contributed by atoms with E-state index in [0.717, 1.165) is 5.56 Å². The van der Waals surface area contributed by atoms with Crippen LogP contribution in [0.2, 0.25) is 0 Å². The van der Waals surface area contributed by atoms with E-state index in [1.165, 1.54) is 19.4 Å². The fourth-order valence-electron chi connectivity index (χ4n) is 3.27. The van der Waals surface area contributed by atoms with Crippen molar-refractivity contribution in [1.29, 1.82) is 0 Å². The summed E-state index contributed by atoms with van der Waals surface area (Å²) < 4.78 is 0. The second-order valence-corrected chi connectivity index (χ2v) is 8.27. The number of nitrogens with one attached hydrogen (secondary N) is 4. The SMILES string of the molecule is CC(NC(=O)C(Cc1cnc[nH]1)NC(=O)C(CCC(N)=O)NC(=O)C(N)Cc1ccccc1)C(=O)O. The smallest absolute Gasteiger partial charge is 0.325 e. The molecule has 4 atom stereocenters. The minimum absolute atomic E-state index is 0.0338. The number of aliphatic carboxylic acids is 1. The van der Waals surface area contributed by atoms with Crippen LogP contribution in [0.15, 0.2) is 42.9 Å². The van der Waals surface area contributed by atoms with Gasteiger partial charge in [0.05, 0.1) is 12.4 Å². The van der Waals surface area contributed by atoms with E-state index in [1.54, 1.807) is 24.3 Å². The fraction of sp³-hybridized carbons (Fsp3) is 0.391. The monoisotopic (exact) mass is 501 g/mol. The number of carbonyl (C=O) groups excluding carboxylic acids is 4. The van der Waals surface area contributed by atoms with Crippen molar-refractivity contribution in [2.75, 3.05) is 0 Å². The number of hydrogen-bond donors (Lipinski definition) is 7. The van der Waals surface area contributed by atoms with Crippen LogP contribution < -0.4 is 27.4 Å². The number of nitrogens with zero attached hydrogens (tertiary/aromatic N) is 1. The molecule has 0 saturated carbocycles. The third-order valence-corrected chi connectivity index (χ3v) is 5.29. The van der Waals surface area contributed by atoms with Gasteiger partial charge in [0.1, 0.15) is 18.1 Å². The molecule has 4 unspecified atom stereocenters. The lowest BCUT2D eigenvalue weighted by molar-refractivity contribution is -0.141. The largest absolute Gasteiger partial charge is 0.480 e. The number of benzene rings is 1. The molecule has 1 aromatic carbocycles. The Morgan fingerprint density at radius 3 is 2.19 bits per heavy atom. The number of carbonyl (C=O) groups is 5. The van der Waals surface area contributed by atoms with Gasteiger partial charge >= 0.3 is 5.97 Å². The Hall–Kier alpha value is -4.26. The number of amides is 4. The van der Waals surface area contributed by atoms with E-state index >= 15 is 0 Å². The van der Waals surface area contributed by atoms with Crippen LogP contribution in [-0.2, 0) is 36.8 Å². The maximum Gasteiger partial charge on any atom is 0.325 e. The number of hydrogen-bond acceptors (Lipinski definition) is 7. The lowest BCUT2D eigenvalue weighted by Crippen LogP contribution is -2.57. The van der Waals surface area contributed by atoms with E-state index in [1.807, 2.05) is 6.07 Å². The van der Waals surface area contributed by atoms with Gasteiger partial charge in [0.2, 0.25) is 23.6 Å². The Morgan fingerprint density at radius 1 is 0.972 bits per heavy atom. The summed E-state index contributed by atoms with van der Waals surface area (Å²) in [5.41, 5.74) is 12.6. The number of carboxylic acid groups (broad SMARTS) is 1. The molecule has 0 saturated heterocycles. The molecule has 0 spiro atoms. The van der Waals surface area contributed by atoms with Crippen molar-refractivity contribution in [2.24, 2.45) is 11.5 Å². The first-order chi connectivity index (χ1) is 17.1. The zero-order valence-corrected chi connectivity index (χ0v) is 19.8. The van der Waals surface area contributed by atoms with Crippen molar-refractivity contribution in [3.8, 4) is 0 Å². The summed E-state index contributed by atoms with van der Waals surface area (Å²) in [5.74, 6) is -4.09. The van der Waals surface area contributed by atoms with Crippen LogP contribution in [0.3, 0.4) is 0 Å². The molecule has 0 fully saturated rings. The molecule has 0 aliphatic carbocycles. The first kappa shape index (κ1) is 28.0. The number of H-pyrrole nitrogens is 1. The van der Waals surface area contributed by atoms with Crippen LogP contribution in [0, 0.1) is 0 Å². The lowest BCUT2D eigenvalue weighted by atomic mass is 10.0. The molecule has 0 aliphatic heterocycles. The van der Waals surface area contributed by atoms with Crippen LogP contribution >= 0.6 is 0 Å². The van der Waals surface area contributed by atoms with Crippen molar-refractivity contribution >= 4 is 29.6 Å². The molecule has 0 bridgehead atoms. The second kappa shape index (κ2) is 13.6. The van der Waals surface area contributed by atoms with Crippen LogP contribution in [-0.4, -0.2) is 68.8 Å². The van der Waals surface area contributed by atoms with Gasteiger partial charge in [-0.1, -0.05) is 30.3 Å². The highest BCUT2D eigenvalue weighted by atomic mass is 16.4. The molecule has 0 aliphatic rings. The van der Waals surface area contributed by atoms with Gasteiger partial charge in [0, 0.05) is 24.7 Å². The Labute approximate surface area is 207 Å². The standard InChI is InChI=1S/C23H31N7O6/c1-13(23(35)36)28-22(34)18(10-15-11-26-12-27-15)30-21(33)17(7-8-19(25)31)29-20(32)16(24)9-14-5-3-2-4-6-14/h2-6,11-13,16-18H,7-10,24H2,1H3,(H2,25,31)(H,26,27)(H,28,34)(H,29,32)(H,30,33)(H,35,36). The Bertz CT molecular complexity index is 1040. The summed E-state index contributed by atoms with van der Waals surface area (Å²) in [6.45, 7) is 1.28. The van der Waals surface area contributed by atoms with Crippen molar-refractivity contribution in [3.63, 3.8) is 0 Å². The third-order valence-electron chi connectivity index (χ3n) is 5.29. The van der Waals surface area contributed by atoms with Crippen molar-refractivity contribution in [1.82, 2.24) is 25.9 Å². The highest BCUT2D eigenvalue weighted by Gasteiger charge is 2.30. The van der Waals surface area contributed by atoms with Gasteiger partial charge in [-0.15, -0.1) is 0 Å². The van der Waals surface area contributed by atoms with Crippen molar-refractivity contribution < 1.29 is 29.1 Å². The Morgan fingerprint density at radius 2 is 1.61 bits per heavy atom. The van der Waals surface area contributed by atoms with Gasteiger partial charge in [-0.2, -0.15) is 0 Å². The number of rotatable bonds is 14. The summed E-state index contributed by atoms with van der Waals surface area (Å²) in [4.78, 5) is 67.7. The molecule has 0 radical (unpaired) electrons. The minimum atomic E-state index is -1.26. The zero-order valence-electron chi connectivity index (χ0n) is 19.8. The van der Waals surface area contributed by atoms with Crippen LogP contribution in [0.1, 0.15) is 31.0 Å². The van der Waals surface area contributed by atoms with Gasteiger partial charge < -0.3 is 37.5 Å². The summed E-state index contributed by atoms with van der Waals surface area (Å²) >= 11 is 0. The average molecular weight is 502 g/mol. The number of imidazole rings is 1. The van der Waals surface area contributed by atoms with E-state index in [9.17, 15) is 24.0 Å². The maximum absolute atomic E-state index is 13.1. The molecule has 194 valence electrons. The predicted molar refractivity (Wildman–Crippen MR) is 128 cm³/mol. The first-order valence-corrected chi connectivity index (χ1v) is 11.3. The normalized spacial score (nSPS) is 14.1. The number of carboxylic acids is 1. The summed E-state index contributed by atoms with van der Waals surface area (Å²) in [6, 6.07) is 4.44. The molecule has 13 nitrogen and oxygen atoms in total. The van der Waals surface area contributed by atoms with Crippen molar-refractivity contribution in [3.05, 3.63) is 54.1 Å². The number of aromatic amines is 1. The van der Waals surface area contributed by atoms with Crippen molar-refractivity contribution in [2.45, 2.75) is 56.8 Å².